The molecule has 2 heterocycles. The van der Waals surface area contributed by atoms with Crippen LogP contribution in [-0.4, -0.2) is 46.8 Å². The highest BCUT2D eigenvalue weighted by Gasteiger charge is 2.20. The summed E-state index contributed by atoms with van der Waals surface area (Å²) in [5.74, 6) is -1.68. The molecule has 0 bridgehead atoms. The molecule has 3 aromatic rings. The first-order valence-corrected chi connectivity index (χ1v) is 11.9. The number of anilines is 1. The van der Waals surface area contributed by atoms with Gasteiger partial charge in [0.2, 0.25) is 0 Å². The predicted molar refractivity (Wildman–Crippen MR) is 128 cm³/mol. The average molecular weight is 486 g/mol. The number of thiophene rings is 1. The molecule has 0 unspecified atom stereocenters. The average Bonchev–Trinajstić information content (AvgIpc) is 3.20. The van der Waals surface area contributed by atoms with Crippen molar-refractivity contribution in [2.45, 2.75) is 25.9 Å². The van der Waals surface area contributed by atoms with E-state index in [2.05, 4.69) is 15.3 Å². The van der Waals surface area contributed by atoms with Crippen LogP contribution in [0.25, 0.3) is 10.4 Å². The van der Waals surface area contributed by atoms with Crippen LogP contribution in [0.4, 0.5) is 5.69 Å². The lowest BCUT2D eigenvalue weighted by atomic mass is 10.2. The molecule has 0 aliphatic carbocycles. The van der Waals surface area contributed by atoms with Gasteiger partial charge in [-0.05, 0) is 38.5 Å². The van der Waals surface area contributed by atoms with Crippen molar-refractivity contribution >= 4 is 46.6 Å². The van der Waals surface area contributed by atoms with E-state index in [0.717, 1.165) is 33.6 Å². The molecule has 0 saturated carbocycles. The molecule has 1 amide bonds. The highest BCUT2D eigenvalue weighted by Crippen LogP contribution is 2.35. The second-order valence-electron chi connectivity index (χ2n) is 6.87. The predicted octanol–water partition coefficient (Wildman–Crippen LogP) is 4.27. The summed E-state index contributed by atoms with van der Waals surface area (Å²) in [6.07, 6.45) is 0. The molecule has 1 N–H and O–H groups in total. The number of hydrogen-bond acceptors (Lipinski definition) is 9. The molecule has 0 atom stereocenters. The Balaban J connectivity index is 1.60. The number of hydrogen-bond donors (Lipinski definition) is 1. The number of benzene rings is 1. The lowest BCUT2D eigenvalue weighted by Crippen LogP contribution is -2.22. The normalized spacial score (nSPS) is 10.5. The Bertz CT molecular complexity index is 1130. The van der Waals surface area contributed by atoms with Gasteiger partial charge in [-0.15, -0.1) is 11.3 Å². The third-order valence-electron chi connectivity index (χ3n) is 4.17. The van der Waals surface area contributed by atoms with E-state index < -0.39 is 24.5 Å². The minimum Gasteiger partial charge on any atom is -0.462 e. The second kappa shape index (κ2) is 11.6. The van der Waals surface area contributed by atoms with Crippen LogP contribution in [0.3, 0.4) is 0 Å². The zero-order chi connectivity index (χ0) is 23.8. The van der Waals surface area contributed by atoms with Crippen LogP contribution in [0.15, 0.2) is 47.6 Å². The van der Waals surface area contributed by atoms with Crippen molar-refractivity contribution in [3.8, 4) is 10.4 Å². The van der Waals surface area contributed by atoms with Crippen LogP contribution >= 0.6 is 23.1 Å². The zero-order valence-corrected chi connectivity index (χ0v) is 20.0. The quantitative estimate of drug-likeness (QED) is 0.272. The lowest BCUT2D eigenvalue weighted by Gasteiger charge is -2.07. The standard InChI is InChI=1S/C23H23N3O5S2/c1-4-30-22(29)21-17(11-18(33-21)16-8-6-5-7-9-16)26-19(27)12-31-20(28)13-32-23-24-14(2)10-15(3)25-23/h5-11H,4,12-13H2,1-3H3,(H,26,27). The Kier molecular flexibility index (Phi) is 8.56. The van der Waals surface area contributed by atoms with E-state index in [0.29, 0.717) is 10.8 Å². The number of nitrogens with one attached hydrogen (secondary N) is 1. The van der Waals surface area contributed by atoms with Crippen LogP contribution in [0.1, 0.15) is 28.0 Å². The van der Waals surface area contributed by atoms with Crippen molar-refractivity contribution in [1.82, 2.24) is 9.97 Å². The topological polar surface area (TPSA) is 107 Å². The molecule has 8 nitrogen and oxygen atoms in total. The van der Waals surface area contributed by atoms with Crippen molar-refractivity contribution in [3.05, 3.63) is 58.7 Å². The molecule has 172 valence electrons. The SMILES string of the molecule is CCOC(=O)c1sc(-c2ccccc2)cc1NC(=O)COC(=O)CSc1nc(C)cc(C)n1. The summed E-state index contributed by atoms with van der Waals surface area (Å²) < 4.78 is 10.2. The molecule has 0 spiro atoms. The third-order valence-corrected chi connectivity index (χ3v) is 6.16. The van der Waals surface area contributed by atoms with E-state index >= 15 is 0 Å². The van der Waals surface area contributed by atoms with Crippen molar-refractivity contribution in [2.24, 2.45) is 0 Å². The van der Waals surface area contributed by atoms with E-state index in [1.807, 2.05) is 50.2 Å². The molecule has 0 fully saturated rings. The summed E-state index contributed by atoms with van der Waals surface area (Å²) in [6.45, 7) is 5.14. The van der Waals surface area contributed by atoms with Gasteiger partial charge in [0.15, 0.2) is 11.8 Å². The Morgan fingerprint density at radius 1 is 1.03 bits per heavy atom. The van der Waals surface area contributed by atoms with E-state index in [4.69, 9.17) is 9.47 Å². The monoisotopic (exact) mass is 485 g/mol. The lowest BCUT2D eigenvalue weighted by molar-refractivity contribution is -0.144. The summed E-state index contributed by atoms with van der Waals surface area (Å²) in [5, 5.41) is 3.12. The largest absolute Gasteiger partial charge is 0.462 e. The molecule has 0 aliphatic heterocycles. The van der Waals surface area contributed by atoms with Crippen molar-refractivity contribution in [2.75, 3.05) is 24.3 Å². The number of aryl methyl sites for hydroxylation is 2. The van der Waals surface area contributed by atoms with Gasteiger partial charge in [0.1, 0.15) is 4.88 Å². The summed E-state index contributed by atoms with van der Waals surface area (Å²) in [7, 11) is 0. The van der Waals surface area contributed by atoms with E-state index in [9.17, 15) is 14.4 Å². The van der Waals surface area contributed by atoms with Crippen molar-refractivity contribution in [1.29, 1.82) is 0 Å². The van der Waals surface area contributed by atoms with Gasteiger partial charge in [-0.1, -0.05) is 42.1 Å². The first-order chi connectivity index (χ1) is 15.9. The Labute approximate surface area is 199 Å². The summed E-state index contributed by atoms with van der Waals surface area (Å²) in [4.78, 5) is 46.4. The van der Waals surface area contributed by atoms with Crippen molar-refractivity contribution < 1.29 is 23.9 Å². The van der Waals surface area contributed by atoms with E-state index in [-0.39, 0.29) is 17.2 Å². The highest BCUT2D eigenvalue weighted by molar-refractivity contribution is 7.99. The summed E-state index contributed by atoms with van der Waals surface area (Å²) in [6, 6.07) is 13.0. The molecular formula is C23H23N3O5S2. The number of nitrogens with zero attached hydrogens (tertiary/aromatic N) is 2. The molecule has 10 heteroatoms. The van der Waals surface area contributed by atoms with Crippen LogP contribution < -0.4 is 5.32 Å². The van der Waals surface area contributed by atoms with Gasteiger partial charge in [0.25, 0.3) is 5.91 Å². The van der Waals surface area contributed by atoms with Gasteiger partial charge >= 0.3 is 11.9 Å². The number of amides is 1. The fourth-order valence-electron chi connectivity index (χ4n) is 2.83. The van der Waals surface area contributed by atoms with Gasteiger partial charge in [-0.25, -0.2) is 14.8 Å². The number of rotatable bonds is 9. The second-order valence-corrected chi connectivity index (χ2v) is 8.87. The van der Waals surface area contributed by atoms with E-state index in [1.54, 1.807) is 13.0 Å². The van der Waals surface area contributed by atoms with Crippen LogP contribution in [0.2, 0.25) is 0 Å². The molecule has 33 heavy (non-hydrogen) atoms. The summed E-state index contributed by atoms with van der Waals surface area (Å²) in [5.41, 5.74) is 2.84. The fraction of sp³-hybridized carbons (Fsp3) is 0.261. The van der Waals surface area contributed by atoms with E-state index in [1.165, 1.54) is 11.3 Å². The number of carbonyl (C=O) groups excluding carboxylic acids is 3. The Morgan fingerprint density at radius 2 is 1.73 bits per heavy atom. The fourth-order valence-corrected chi connectivity index (χ4v) is 4.59. The first kappa shape index (κ1) is 24.4. The van der Waals surface area contributed by atoms with Gasteiger partial charge in [-0.3, -0.25) is 9.59 Å². The number of ether oxygens (including phenoxy) is 2. The number of esters is 2. The Morgan fingerprint density at radius 3 is 2.39 bits per heavy atom. The van der Waals surface area contributed by atoms with Crippen LogP contribution in [0, 0.1) is 13.8 Å². The van der Waals surface area contributed by atoms with Crippen LogP contribution in [0.5, 0.6) is 0 Å². The maximum atomic E-state index is 12.4. The maximum absolute atomic E-state index is 12.4. The minimum absolute atomic E-state index is 0.0269. The highest BCUT2D eigenvalue weighted by atomic mass is 32.2. The smallest absolute Gasteiger partial charge is 0.350 e. The van der Waals surface area contributed by atoms with Gasteiger partial charge < -0.3 is 14.8 Å². The molecule has 0 radical (unpaired) electrons. The zero-order valence-electron chi connectivity index (χ0n) is 18.4. The number of carbonyl (C=O) groups is 3. The van der Waals surface area contributed by atoms with Gasteiger partial charge in [0.05, 0.1) is 18.0 Å². The molecule has 3 rings (SSSR count). The molecule has 0 saturated heterocycles. The first-order valence-electron chi connectivity index (χ1n) is 10.1. The third kappa shape index (κ3) is 7.13. The number of aromatic nitrogens is 2. The molecule has 1 aromatic carbocycles. The van der Waals surface area contributed by atoms with Gasteiger partial charge in [-0.2, -0.15) is 0 Å². The number of thioether (sulfide) groups is 1. The van der Waals surface area contributed by atoms with Crippen LogP contribution in [-0.2, 0) is 19.1 Å². The molecule has 0 aliphatic rings. The summed E-state index contributed by atoms with van der Waals surface area (Å²) >= 11 is 2.36. The Hall–Kier alpha value is -3.24. The molecule has 2 aromatic heterocycles. The van der Waals surface area contributed by atoms with Gasteiger partial charge in [0, 0.05) is 16.3 Å². The molecular weight excluding hydrogens is 462 g/mol. The minimum atomic E-state index is -0.571. The maximum Gasteiger partial charge on any atom is 0.350 e. The van der Waals surface area contributed by atoms with Crippen molar-refractivity contribution in [3.63, 3.8) is 0 Å².